The number of hydrogen-bond donors (Lipinski definition) is 1. The van der Waals surface area contributed by atoms with Crippen LogP contribution < -0.4 is 5.32 Å². The average Bonchev–Trinajstić information content (AvgIpc) is 2.81. The molecule has 1 saturated heterocycles. The van der Waals surface area contributed by atoms with E-state index < -0.39 is 15.8 Å². The number of halogens is 1. The van der Waals surface area contributed by atoms with Gasteiger partial charge in [0.15, 0.2) is 0 Å². The van der Waals surface area contributed by atoms with Gasteiger partial charge in [0.05, 0.1) is 0 Å². The molecule has 1 N–H and O–H groups in total. The Balaban J connectivity index is 0.00000324. The van der Waals surface area contributed by atoms with Gasteiger partial charge in [0.2, 0.25) is 15.9 Å². The average molecular weight is 314 g/mol. The van der Waals surface area contributed by atoms with E-state index in [9.17, 15) is 13.2 Å². The Hall–Kier alpha value is -0.370. The number of sulfonamides is 1. The fourth-order valence-corrected chi connectivity index (χ4v) is 3.62. The second-order valence-corrected chi connectivity index (χ2v) is 6.46. The summed E-state index contributed by atoms with van der Waals surface area (Å²) in [4.78, 5) is 13.5. The molecular formula is C11H24ClN3O3S. The van der Waals surface area contributed by atoms with E-state index >= 15 is 0 Å². The molecule has 1 fully saturated rings. The van der Waals surface area contributed by atoms with Gasteiger partial charge in [-0.1, -0.05) is 13.8 Å². The van der Waals surface area contributed by atoms with E-state index in [1.807, 2.05) is 0 Å². The highest BCUT2D eigenvalue weighted by Crippen LogP contribution is 2.09. The molecular weight excluding hydrogens is 290 g/mol. The van der Waals surface area contributed by atoms with Crippen LogP contribution in [0.15, 0.2) is 0 Å². The number of amides is 1. The third-order valence-electron chi connectivity index (χ3n) is 3.38. The molecule has 0 saturated carbocycles. The molecule has 6 nitrogen and oxygen atoms in total. The summed E-state index contributed by atoms with van der Waals surface area (Å²) in [6, 6.07) is 0.115. The van der Waals surface area contributed by atoms with Crippen LogP contribution in [0.1, 0.15) is 20.3 Å². The number of nitrogens with one attached hydrogen (secondary N) is 1. The molecule has 1 rings (SSSR count). The van der Waals surface area contributed by atoms with E-state index in [4.69, 9.17) is 0 Å². The summed E-state index contributed by atoms with van der Waals surface area (Å²) in [7, 11) is -1.80. The molecule has 1 heterocycles. The predicted octanol–water partition coefficient (Wildman–Crippen LogP) is -0.0999. The largest absolute Gasteiger partial charge is 0.341 e. The molecule has 1 unspecified atom stereocenters. The summed E-state index contributed by atoms with van der Waals surface area (Å²) in [6.07, 6.45) is 0.882. The topological polar surface area (TPSA) is 69.7 Å². The van der Waals surface area contributed by atoms with Crippen LogP contribution in [0.2, 0.25) is 0 Å². The van der Waals surface area contributed by atoms with E-state index in [2.05, 4.69) is 5.32 Å². The normalized spacial score (nSPS) is 19.3. The molecule has 0 aliphatic carbocycles. The van der Waals surface area contributed by atoms with Gasteiger partial charge in [-0.05, 0) is 13.0 Å². The minimum atomic E-state index is -3.47. The molecule has 0 spiro atoms. The van der Waals surface area contributed by atoms with E-state index in [0.717, 1.165) is 19.5 Å². The van der Waals surface area contributed by atoms with Crippen LogP contribution in [0.4, 0.5) is 0 Å². The van der Waals surface area contributed by atoms with Crippen LogP contribution in [0.5, 0.6) is 0 Å². The lowest BCUT2D eigenvalue weighted by molar-refractivity contribution is -0.128. The van der Waals surface area contributed by atoms with Crippen molar-refractivity contribution in [3.8, 4) is 0 Å². The van der Waals surface area contributed by atoms with Gasteiger partial charge in [-0.2, -0.15) is 0 Å². The second-order valence-electron chi connectivity index (χ2n) is 4.49. The van der Waals surface area contributed by atoms with Gasteiger partial charge >= 0.3 is 0 Å². The zero-order valence-electron chi connectivity index (χ0n) is 11.8. The molecule has 8 heteroatoms. The lowest BCUT2D eigenvalue weighted by Crippen LogP contribution is -2.44. The summed E-state index contributed by atoms with van der Waals surface area (Å²) < 4.78 is 25.3. The molecule has 114 valence electrons. The minimum Gasteiger partial charge on any atom is -0.341 e. The summed E-state index contributed by atoms with van der Waals surface area (Å²) >= 11 is 0. The van der Waals surface area contributed by atoms with E-state index in [-0.39, 0.29) is 24.4 Å². The second kappa shape index (κ2) is 8.04. The quantitative estimate of drug-likeness (QED) is 0.743. The third-order valence-corrected chi connectivity index (χ3v) is 5.30. The van der Waals surface area contributed by atoms with Gasteiger partial charge < -0.3 is 10.2 Å². The Morgan fingerprint density at radius 2 is 1.89 bits per heavy atom. The lowest BCUT2D eigenvalue weighted by atomic mass is 10.2. The standard InChI is InChI=1S/C11H23N3O3S.ClH/c1-4-14(5-2)18(16,17)9-11(15)13(3)10-6-7-12-8-10;/h10,12H,4-9H2,1-3H3;1H. The summed E-state index contributed by atoms with van der Waals surface area (Å²) in [5.41, 5.74) is 0. The zero-order valence-corrected chi connectivity index (χ0v) is 13.4. The van der Waals surface area contributed by atoms with Crippen LogP contribution in [-0.4, -0.2) is 68.6 Å². The highest BCUT2D eigenvalue weighted by molar-refractivity contribution is 7.89. The molecule has 0 aromatic rings. The van der Waals surface area contributed by atoms with Gasteiger partial charge in [-0.3, -0.25) is 4.79 Å². The van der Waals surface area contributed by atoms with Crippen molar-refractivity contribution in [3.05, 3.63) is 0 Å². The van der Waals surface area contributed by atoms with E-state index in [1.54, 1.807) is 25.8 Å². The Labute approximate surface area is 122 Å². The van der Waals surface area contributed by atoms with Gasteiger partial charge in [0.25, 0.3) is 0 Å². The molecule has 19 heavy (non-hydrogen) atoms. The van der Waals surface area contributed by atoms with Crippen molar-refractivity contribution in [1.82, 2.24) is 14.5 Å². The first-order chi connectivity index (χ1) is 8.42. The highest BCUT2D eigenvalue weighted by Gasteiger charge is 2.28. The van der Waals surface area contributed by atoms with Gasteiger partial charge in [-0.15, -0.1) is 12.4 Å². The number of rotatable bonds is 6. The van der Waals surface area contributed by atoms with E-state index in [0.29, 0.717) is 13.1 Å². The Bertz CT molecular complexity index is 379. The molecule has 1 aliphatic heterocycles. The number of nitrogens with zero attached hydrogens (tertiary/aromatic N) is 2. The monoisotopic (exact) mass is 313 g/mol. The first-order valence-electron chi connectivity index (χ1n) is 6.36. The maximum absolute atomic E-state index is 12.0. The Morgan fingerprint density at radius 1 is 1.32 bits per heavy atom. The molecule has 0 aromatic heterocycles. The van der Waals surface area contributed by atoms with Crippen molar-refractivity contribution in [1.29, 1.82) is 0 Å². The SMILES string of the molecule is CCN(CC)S(=O)(=O)CC(=O)N(C)C1CCNC1.Cl. The van der Waals surface area contributed by atoms with Gasteiger partial charge in [0, 0.05) is 32.7 Å². The smallest absolute Gasteiger partial charge is 0.239 e. The first-order valence-corrected chi connectivity index (χ1v) is 7.97. The van der Waals surface area contributed by atoms with Crippen molar-refractivity contribution in [2.75, 3.05) is 39.0 Å². The number of hydrogen-bond acceptors (Lipinski definition) is 4. The van der Waals surface area contributed by atoms with Crippen LogP contribution in [0, 0.1) is 0 Å². The molecule has 1 aliphatic rings. The van der Waals surface area contributed by atoms with Gasteiger partial charge in [0.1, 0.15) is 5.75 Å². The van der Waals surface area contributed by atoms with Crippen LogP contribution in [0.3, 0.4) is 0 Å². The number of carbonyl (C=O) groups excluding carboxylic acids is 1. The van der Waals surface area contributed by atoms with Crippen molar-refractivity contribution in [2.24, 2.45) is 0 Å². The van der Waals surface area contributed by atoms with Crippen molar-refractivity contribution in [2.45, 2.75) is 26.3 Å². The number of likely N-dealkylation sites (N-methyl/N-ethyl adjacent to an activating group) is 1. The Morgan fingerprint density at radius 3 is 2.32 bits per heavy atom. The molecule has 0 aromatic carbocycles. The zero-order chi connectivity index (χ0) is 13.8. The van der Waals surface area contributed by atoms with Crippen LogP contribution in [-0.2, 0) is 14.8 Å². The first kappa shape index (κ1) is 18.6. The van der Waals surface area contributed by atoms with Gasteiger partial charge in [-0.25, -0.2) is 12.7 Å². The fourth-order valence-electron chi connectivity index (χ4n) is 2.14. The lowest BCUT2D eigenvalue weighted by Gasteiger charge is -2.25. The summed E-state index contributed by atoms with van der Waals surface area (Å²) in [5.74, 6) is -0.752. The van der Waals surface area contributed by atoms with Crippen molar-refractivity contribution in [3.63, 3.8) is 0 Å². The van der Waals surface area contributed by atoms with E-state index in [1.165, 1.54) is 4.31 Å². The Kier molecular flexibility index (Phi) is 7.88. The maximum Gasteiger partial charge on any atom is 0.239 e. The van der Waals surface area contributed by atoms with Crippen LogP contribution in [0.25, 0.3) is 0 Å². The summed E-state index contributed by atoms with van der Waals surface area (Å²) in [5, 5.41) is 3.16. The molecule has 0 radical (unpaired) electrons. The van der Waals surface area contributed by atoms with Crippen molar-refractivity contribution >= 4 is 28.3 Å². The fraction of sp³-hybridized carbons (Fsp3) is 0.909. The maximum atomic E-state index is 12.0. The third kappa shape index (κ3) is 4.91. The minimum absolute atomic E-state index is 0. The molecule has 0 bridgehead atoms. The molecule has 1 atom stereocenters. The summed E-state index contributed by atoms with van der Waals surface area (Å²) in [6.45, 7) is 5.98. The number of carbonyl (C=O) groups is 1. The predicted molar refractivity (Wildman–Crippen MR) is 78.0 cm³/mol. The van der Waals surface area contributed by atoms with Crippen LogP contribution >= 0.6 is 12.4 Å². The molecule has 1 amide bonds. The van der Waals surface area contributed by atoms with Crippen molar-refractivity contribution < 1.29 is 13.2 Å². The highest BCUT2D eigenvalue weighted by atomic mass is 35.5.